The molecule has 3 N–H and O–H groups in total. The summed E-state index contributed by atoms with van der Waals surface area (Å²) in [6.07, 6.45) is 3.28. The molecule has 3 heterocycles. The molecule has 92 valence electrons. The Hall–Kier alpha value is -2.64. The quantitative estimate of drug-likeness (QED) is 0.629. The first-order chi connectivity index (χ1) is 8.86. The fraction of sp³-hybridized carbons (Fsp3) is 0.200. The predicted molar refractivity (Wildman–Crippen MR) is 65.1 cm³/mol. The van der Waals surface area contributed by atoms with Crippen LogP contribution in [-0.4, -0.2) is 32.4 Å². The van der Waals surface area contributed by atoms with Crippen molar-refractivity contribution in [2.24, 2.45) is 0 Å². The summed E-state index contributed by atoms with van der Waals surface area (Å²) in [7, 11) is 1.76. The molecule has 0 saturated carbocycles. The molecule has 8 heteroatoms. The van der Waals surface area contributed by atoms with Gasteiger partial charge in [-0.1, -0.05) is 5.16 Å². The van der Waals surface area contributed by atoms with Crippen LogP contribution in [-0.2, 0) is 6.54 Å². The van der Waals surface area contributed by atoms with Crippen molar-refractivity contribution in [1.29, 1.82) is 0 Å². The maximum Gasteiger partial charge on any atom is 0.226 e. The van der Waals surface area contributed by atoms with Crippen LogP contribution < -0.4 is 10.6 Å². The molecule has 3 rings (SSSR count). The van der Waals surface area contributed by atoms with Crippen LogP contribution in [0.25, 0.3) is 11.0 Å². The van der Waals surface area contributed by atoms with Gasteiger partial charge < -0.3 is 15.2 Å². The maximum absolute atomic E-state index is 5.01. The first-order valence-corrected chi connectivity index (χ1v) is 5.39. The number of anilines is 2. The van der Waals surface area contributed by atoms with E-state index < -0.39 is 0 Å². The zero-order chi connectivity index (χ0) is 12.4. The van der Waals surface area contributed by atoms with Crippen molar-refractivity contribution in [2.45, 2.75) is 6.54 Å². The van der Waals surface area contributed by atoms with E-state index in [0.29, 0.717) is 24.0 Å². The molecule has 0 amide bonds. The monoisotopic (exact) mass is 245 g/mol. The minimum atomic E-state index is 0.500. The zero-order valence-electron chi connectivity index (χ0n) is 9.64. The largest absolute Gasteiger partial charge is 0.362 e. The number of H-pyrrole nitrogens is 1. The van der Waals surface area contributed by atoms with Gasteiger partial charge in [-0.2, -0.15) is 15.1 Å². The molecule has 0 bridgehead atoms. The summed E-state index contributed by atoms with van der Waals surface area (Å²) in [5.74, 6) is 1.94. The second kappa shape index (κ2) is 4.32. The second-order valence-electron chi connectivity index (χ2n) is 3.61. The van der Waals surface area contributed by atoms with Crippen LogP contribution in [0.15, 0.2) is 23.0 Å². The summed E-state index contributed by atoms with van der Waals surface area (Å²) in [6, 6.07) is 1.79. The number of aromatic amines is 1. The number of nitrogens with zero attached hydrogens (tertiary/aromatic N) is 4. The molecule has 0 saturated heterocycles. The normalized spacial score (nSPS) is 10.7. The van der Waals surface area contributed by atoms with Gasteiger partial charge in [0.15, 0.2) is 11.4 Å². The number of hydrogen-bond acceptors (Lipinski definition) is 7. The van der Waals surface area contributed by atoms with Crippen LogP contribution in [0, 0.1) is 0 Å². The minimum absolute atomic E-state index is 0.500. The lowest BCUT2D eigenvalue weighted by Crippen LogP contribution is -2.04. The summed E-state index contributed by atoms with van der Waals surface area (Å²) in [5.41, 5.74) is 0.675. The molecular weight excluding hydrogens is 234 g/mol. The summed E-state index contributed by atoms with van der Waals surface area (Å²) < 4.78 is 5.01. The third kappa shape index (κ3) is 1.83. The molecular formula is C10H11N7O. The number of nitrogens with one attached hydrogen (secondary N) is 3. The van der Waals surface area contributed by atoms with E-state index in [9.17, 15) is 0 Å². The van der Waals surface area contributed by atoms with Crippen LogP contribution >= 0.6 is 0 Å². The maximum atomic E-state index is 5.01. The van der Waals surface area contributed by atoms with Crippen LogP contribution in [0.2, 0.25) is 0 Å². The Morgan fingerprint density at radius 1 is 1.39 bits per heavy atom. The van der Waals surface area contributed by atoms with Gasteiger partial charge in [-0.3, -0.25) is 5.10 Å². The van der Waals surface area contributed by atoms with E-state index in [1.165, 1.54) is 0 Å². The van der Waals surface area contributed by atoms with Gasteiger partial charge >= 0.3 is 0 Å². The van der Waals surface area contributed by atoms with Gasteiger partial charge in [-0.05, 0) is 0 Å². The van der Waals surface area contributed by atoms with Crippen LogP contribution in [0.1, 0.15) is 5.76 Å². The van der Waals surface area contributed by atoms with Crippen molar-refractivity contribution in [3.8, 4) is 0 Å². The van der Waals surface area contributed by atoms with E-state index in [4.69, 9.17) is 4.52 Å². The van der Waals surface area contributed by atoms with E-state index in [1.54, 1.807) is 25.5 Å². The van der Waals surface area contributed by atoms with Crippen molar-refractivity contribution in [3.05, 3.63) is 24.2 Å². The molecule has 0 aliphatic heterocycles. The highest BCUT2D eigenvalue weighted by molar-refractivity contribution is 5.86. The van der Waals surface area contributed by atoms with Crippen molar-refractivity contribution in [2.75, 3.05) is 17.7 Å². The van der Waals surface area contributed by atoms with Gasteiger partial charge in [0.2, 0.25) is 5.95 Å². The summed E-state index contributed by atoms with van der Waals surface area (Å²) >= 11 is 0. The van der Waals surface area contributed by atoms with Crippen molar-refractivity contribution < 1.29 is 4.52 Å². The van der Waals surface area contributed by atoms with E-state index in [2.05, 4.69) is 36.0 Å². The van der Waals surface area contributed by atoms with Gasteiger partial charge in [0.05, 0.1) is 24.3 Å². The topological polar surface area (TPSA) is 105 Å². The second-order valence-corrected chi connectivity index (χ2v) is 3.61. The molecule has 0 spiro atoms. The molecule has 0 aromatic carbocycles. The Morgan fingerprint density at radius 3 is 3.11 bits per heavy atom. The number of aromatic nitrogens is 5. The average Bonchev–Trinajstić information content (AvgIpc) is 3.06. The van der Waals surface area contributed by atoms with Crippen LogP contribution in [0.3, 0.4) is 0 Å². The van der Waals surface area contributed by atoms with Crippen molar-refractivity contribution in [1.82, 2.24) is 25.3 Å². The predicted octanol–water partition coefficient (Wildman–Crippen LogP) is 0.995. The summed E-state index contributed by atoms with van der Waals surface area (Å²) in [5, 5.41) is 17.3. The molecule has 0 radical (unpaired) electrons. The van der Waals surface area contributed by atoms with E-state index in [1.807, 2.05) is 0 Å². The minimum Gasteiger partial charge on any atom is -0.362 e. The molecule has 3 aromatic heterocycles. The van der Waals surface area contributed by atoms with Crippen LogP contribution in [0.5, 0.6) is 0 Å². The number of hydrogen-bond donors (Lipinski definition) is 3. The van der Waals surface area contributed by atoms with Crippen LogP contribution in [0.4, 0.5) is 11.8 Å². The highest BCUT2D eigenvalue weighted by Gasteiger charge is 2.09. The lowest BCUT2D eigenvalue weighted by Gasteiger charge is -2.06. The average molecular weight is 245 g/mol. The molecule has 3 aromatic rings. The summed E-state index contributed by atoms with van der Waals surface area (Å²) in [6.45, 7) is 0.500. The van der Waals surface area contributed by atoms with Gasteiger partial charge in [-0.25, -0.2) is 0 Å². The summed E-state index contributed by atoms with van der Waals surface area (Å²) in [4.78, 5) is 8.58. The van der Waals surface area contributed by atoms with Gasteiger partial charge in [-0.15, -0.1) is 0 Å². The first-order valence-electron chi connectivity index (χ1n) is 5.39. The molecule has 0 aliphatic carbocycles. The molecule has 0 unspecified atom stereocenters. The molecule has 8 nitrogen and oxygen atoms in total. The molecule has 0 atom stereocenters. The Kier molecular flexibility index (Phi) is 2.52. The Morgan fingerprint density at radius 2 is 2.33 bits per heavy atom. The third-order valence-corrected chi connectivity index (χ3v) is 2.45. The van der Waals surface area contributed by atoms with Crippen molar-refractivity contribution in [3.63, 3.8) is 0 Å². The molecule has 18 heavy (non-hydrogen) atoms. The molecule has 0 fully saturated rings. The highest BCUT2D eigenvalue weighted by atomic mass is 16.5. The Balaban J connectivity index is 1.92. The van der Waals surface area contributed by atoms with E-state index in [0.717, 1.165) is 11.1 Å². The Bertz CT molecular complexity index is 645. The smallest absolute Gasteiger partial charge is 0.226 e. The lowest BCUT2D eigenvalue weighted by molar-refractivity contribution is 0.388. The van der Waals surface area contributed by atoms with E-state index in [-0.39, 0.29) is 0 Å². The van der Waals surface area contributed by atoms with Gasteiger partial charge in [0.25, 0.3) is 0 Å². The van der Waals surface area contributed by atoms with E-state index >= 15 is 0 Å². The standard InChI is InChI=1S/C10H11N7O/c1-11-10-15-8(7-5-13-17-9(7)16-10)12-4-6-2-3-14-18-6/h2-3,5H,4H2,1H3,(H3,11,12,13,15,16,17). The van der Waals surface area contributed by atoms with Crippen molar-refractivity contribution >= 4 is 22.8 Å². The number of rotatable bonds is 4. The zero-order valence-corrected chi connectivity index (χ0v) is 9.64. The fourth-order valence-corrected chi connectivity index (χ4v) is 1.59. The SMILES string of the molecule is CNc1nc(NCc2ccno2)c2cn[nH]c2n1. The fourth-order valence-electron chi connectivity index (χ4n) is 1.59. The highest BCUT2D eigenvalue weighted by Crippen LogP contribution is 2.20. The Labute approximate surface area is 102 Å². The number of fused-ring (bicyclic) bond motifs is 1. The molecule has 0 aliphatic rings. The third-order valence-electron chi connectivity index (χ3n) is 2.45. The first kappa shape index (κ1) is 10.5. The van der Waals surface area contributed by atoms with Gasteiger partial charge in [0, 0.05) is 13.1 Å². The van der Waals surface area contributed by atoms with Gasteiger partial charge in [0.1, 0.15) is 5.82 Å². The lowest BCUT2D eigenvalue weighted by atomic mass is 10.3.